The fraction of sp³-hybridized carbons (Fsp3) is 0.857. The normalized spacial score (nSPS) is 17.2. The van der Waals surface area contributed by atoms with Gasteiger partial charge in [-0.2, -0.15) is 5.10 Å². The maximum atomic E-state index is 5.45. The molecule has 0 fully saturated rings. The van der Waals surface area contributed by atoms with Gasteiger partial charge in [0.05, 0.1) is 0 Å². The lowest BCUT2D eigenvalue weighted by Crippen LogP contribution is -2.40. The average Bonchev–Trinajstić information content (AvgIpc) is 2.48. The van der Waals surface area contributed by atoms with E-state index >= 15 is 0 Å². The number of hydrogen-bond acceptors (Lipinski definition) is 5. The SMILES string of the molecule is C[Si](C)(C)CCOCN1NC=NN1. The first kappa shape index (κ1) is 10.5. The molecule has 1 aliphatic heterocycles. The molecule has 0 aromatic heterocycles. The van der Waals surface area contributed by atoms with Gasteiger partial charge in [0.1, 0.15) is 13.1 Å². The van der Waals surface area contributed by atoms with Crippen LogP contribution in [0.5, 0.6) is 0 Å². The molecule has 1 aliphatic rings. The van der Waals surface area contributed by atoms with Crippen molar-refractivity contribution in [3.05, 3.63) is 0 Å². The summed E-state index contributed by atoms with van der Waals surface area (Å²) in [7, 11) is -0.950. The van der Waals surface area contributed by atoms with Crippen molar-refractivity contribution in [1.82, 2.24) is 16.1 Å². The Labute approximate surface area is 80.1 Å². The molecule has 0 bridgehead atoms. The van der Waals surface area contributed by atoms with Gasteiger partial charge in [0, 0.05) is 14.7 Å². The number of hydrogen-bond donors (Lipinski definition) is 2. The number of ether oxygens (including phenoxy) is 1. The zero-order chi connectivity index (χ0) is 9.73. The van der Waals surface area contributed by atoms with Gasteiger partial charge in [-0.25, -0.2) is 5.53 Å². The van der Waals surface area contributed by atoms with Crippen molar-refractivity contribution >= 4 is 14.4 Å². The molecule has 13 heavy (non-hydrogen) atoms. The fourth-order valence-corrected chi connectivity index (χ4v) is 1.58. The highest BCUT2D eigenvalue weighted by Crippen LogP contribution is 2.07. The summed E-state index contributed by atoms with van der Waals surface area (Å²) in [6, 6.07) is 1.20. The molecular formula is C7H18N4OSi. The molecule has 0 spiro atoms. The van der Waals surface area contributed by atoms with E-state index in [9.17, 15) is 0 Å². The lowest BCUT2D eigenvalue weighted by molar-refractivity contribution is -0.00362. The third-order valence-electron chi connectivity index (χ3n) is 1.67. The third-order valence-corrected chi connectivity index (χ3v) is 3.38. The highest BCUT2D eigenvalue weighted by molar-refractivity contribution is 6.76. The standard InChI is InChI=1S/C7H18N4OSi/c1-13(2,3)5-4-12-7-11-9-6-8-10-11/h6,10H,4-5,7H2,1-3H3,(H,8,9). The van der Waals surface area contributed by atoms with E-state index in [-0.39, 0.29) is 0 Å². The summed E-state index contributed by atoms with van der Waals surface area (Å²) in [5.74, 6) is 0. The number of hydrazine groups is 2. The topological polar surface area (TPSA) is 48.9 Å². The quantitative estimate of drug-likeness (QED) is 0.505. The van der Waals surface area contributed by atoms with E-state index in [1.807, 2.05) is 0 Å². The molecule has 0 unspecified atom stereocenters. The lowest BCUT2D eigenvalue weighted by Gasteiger charge is -2.18. The molecule has 1 heterocycles. The molecule has 2 N–H and O–H groups in total. The lowest BCUT2D eigenvalue weighted by atomic mass is 10.8. The van der Waals surface area contributed by atoms with Gasteiger partial charge in [-0.3, -0.25) is 5.43 Å². The number of nitrogens with zero attached hydrogens (tertiary/aromatic N) is 2. The predicted molar refractivity (Wildman–Crippen MR) is 55.6 cm³/mol. The number of nitrogens with one attached hydrogen (secondary N) is 2. The van der Waals surface area contributed by atoms with Gasteiger partial charge in [0.25, 0.3) is 0 Å². The fourth-order valence-electron chi connectivity index (χ4n) is 0.826. The van der Waals surface area contributed by atoms with E-state index < -0.39 is 8.07 Å². The second-order valence-corrected chi connectivity index (χ2v) is 9.88. The van der Waals surface area contributed by atoms with E-state index in [4.69, 9.17) is 4.74 Å². The van der Waals surface area contributed by atoms with E-state index in [1.54, 1.807) is 11.5 Å². The van der Waals surface area contributed by atoms with Crippen molar-refractivity contribution in [1.29, 1.82) is 0 Å². The Morgan fingerprint density at radius 2 is 2.23 bits per heavy atom. The first-order valence-corrected chi connectivity index (χ1v) is 8.17. The van der Waals surface area contributed by atoms with Crippen LogP contribution in [0, 0.1) is 0 Å². The Morgan fingerprint density at radius 3 is 2.77 bits per heavy atom. The highest BCUT2D eigenvalue weighted by Gasteiger charge is 2.12. The van der Waals surface area contributed by atoms with Crippen molar-refractivity contribution in [2.24, 2.45) is 5.10 Å². The Hall–Kier alpha value is -0.593. The number of rotatable bonds is 5. The molecule has 0 aromatic carbocycles. The predicted octanol–water partition coefficient (Wildman–Crippen LogP) is 0.567. The highest BCUT2D eigenvalue weighted by atomic mass is 28.3. The van der Waals surface area contributed by atoms with E-state index in [1.165, 1.54) is 6.04 Å². The van der Waals surface area contributed by atoms with Crippen molar-refractivity contribution in [2.45, 2.75) is 25.7 Å². The minimum absolute atomic E-state index is 0.518. The van der Waals surface area contributed by atoms with Crippen molar-refractivity contribution in [3.8, 4) is 0 Å². The Balaban J connectivity index is 1.95. The van der Waals surface area contributed by atoms with Crippen LogP contribution in [0.1, 0.15) is 0 Å². The van der Waals surface area contributed by atoms with Gasteiger partial charge in [-0.1, -0.05) is 24.8 Å². The maximum Gasteiger partial charge on any atom is 0.138 e. The van der Waals surface area contributed by atoms with Crippen LogP contribution in [0.2, 0.25) is 25.7 Å². The zero-order valence-corrected chi connectivity index (χ0v) is 9.50. The molecule has 6 heteroatoms. The van der Waals surface area contributed by atoms with E-state index in [0.717, 1.165) is 6.61 Å². The van der Waals surface area contributed by atoms with Crippen LogP contribution in [0.25, 0.3) is 0 Å². The number of hydrazone groups is 1. The molecule has 0 saturated heterocycles. The second-order valence-electron chi connectivity index (χ2n) is 4.26. The van der Waals surface area contributed by atoms with Gasteiger partial charge in [-0.15, -0.1) is 0 Å². The summed E-state index contributed by atoms with van der Waals surface area (Å²) in [4.78, 5) is 0. The largest absolute Gasteiger partial charge is 0.363 e. The van der Waals surface area contributed by atoms with Crippen LogP contribution in [0.4, 0.5) is 0 Å². The third kappa shape index (κ3) is 4.86. The minimum atomic E-state index is -0.950. The molecule has 0 atom stereocenters. The van der Waals surface area contributed by atoms with Crippen LogP contribution in [0.3, 0.4) is 0 Å². The van der Waals surface area contributed by atoms with Gasteiger partial charge in [0.15, 0.2) is 0 Å². The van der Waals surface area contributed by atoms with Crippen LogP contribution in [-0.4, -0.2) is 32.9 Å². The van der Waals surface area contributed by atoms with Crippen molar-refractivity contribution in [3.63, 3.8) is 0 Å². The van der Waals surface area contributed by atoms with Gasteiger partial charge in [0.2, 0.25) is 0 Å². The summed E-state index contributed by atoms with van der Waals surface area (Å²) in [6.45, 7) is 8.36. The van der Waals surface area contributed by atoms with Crippen LogP contribution in [0.15, 0.2) is 5.10 Å². The van der Waals surface area contributed by atoms with Crippen LogP contribution >= 0.6 is 0 Å². The van der Waals surface area contributed by atoms with Gasteiger partial charge in [-0.05, 0) is 6.04 Å². The molecule has 0 aromatic rings. The second kappa shape index (κ2) is 4.59. The molecule has 5 nitrogen and oxygen atoms in total. The average molecular weight is 202 g/mol. The monoisotopic (exact) mass is 202 g/mol. The Kier molecular flexibility index (Phi) is 3.70. The summed E-state index contributed by atoms with van der Waals surface area (Å²) in [6.07, 6.45) is 1.59. The van der Waals surface area contributed by atoms with Crippen molar-refractivity contribution in [2.75, 3.05) is 13.3 Å². The smallest absolute Gasteiger partial charge is 0.138 e. The molecule has 0 saturated carbocycles. The Morgan fingerprint density at radius 1 is 1.46 bits per heavy atom. The summed E-state index contributed by atoms with van der Waals surface area (Å²) >= 11 is 0. The van der Waals surface area contributed by atoms with E-state index in [0.29, 0.717) is 6.73 Å². The summed E-state index contributed by atoms with van der Waals surface area (Å²) in [5.41, 5.74) is 5.60. The van der Waals surface area contributed by atoms with Crippen LogP contribution < -0.4 is 11.0 Å². The van der Waals surface area contributed by atoms with Crippen LogP contribution in [-0.2, 0) is 4.74 Å². The Bertz CT molecular complexity index is 172. The summed E-state index contributed by atoms with van der Waals surface area (Å²) < 4.78 is 5.45. The zero-order valence-electron chi connectivity index (χ0n) is 8.50. The van der Waals surface area contributed by atoms with Gasteiger partial charge >= 0.3 is 0 Å². The molecule has 0 amide bonds. The molecule has 0 aliphatic carbocycles. The van der Waals surface area contributed by atoms with Gasteiger partial charge < -0.3 is 4.74 Å². The molecule has 0 radical (unpaired) electrons. The van der Waals surface area contributed by atoms with E-state index in [2.05, 4.69) is 35.7 Å². The minimum Gasteiger partial charge on any atom is -0.363 e. The summed E-state index contributed by atoms with van der Waals surface area (Å²) in [5, 5.41) is 5.45. The van der Waals surface area contributed by atoms with Crippen molar-refractivity contribution < 1.29 is 4.74 Å². The first-order chi connectivity index (χ1) is 6.08. The molecule has 1 rings (SSSR count). The maximum absolute atomic E-state index is 5.45. The first-order valence-electron chi connectivity index (χ1n) is 4.46. The molecule has 76 valence electrons. The molecular weight excluding hydrogens is 184 g/mol.